The third kappa shape index (κ3) is 4.90. The number of rotatable bonds is 8. The first-order valence-corrected chi connectivity index (χ1v) is 7.70. The van der Waals surface area contributed by atoms with Crippen LogP contribution < -0.4 is 5.32 Å². The molecule has 0 unspecified atom stereocenters. The van der Waals surface area contributed by atoms with Gasteiger partial charge in [0, 0.05) is 17.8 Å². The van der Waals surface area contributed by atoms with Crippen LogP contribution in [0, 0.1) is 5.92 Å². The lowest BCUT2D eigenvalue weighted by atomic mass is 10.0. The van der Waals surface area contributed by atoms with E-state index in [0.29, 0.717) is 5.92 Å². The van der Waals surface area contributed by atoms with E-state index in [1.165, 1.54) is 17.0 Å². The normalized spacial score (nSPS) is 11.3. The summed E-state index contributed by atoms with van der Waals surface area (Å²) < 4.78 is 0. The zero-order valence-corrected chi connectivity index (χ0v) is 13.2. The first-order valence-electron chi connectivity index (χ1n) is 7.70. The molecule has 0 saturated heterocycles. The van der Waals surface area contributed by atoms with Crippen molar-refractivity contribution in [3.05, 3.63) is 22.8 Å². The highest BCUT2D eigenvalue weighted by Gasteiger charge is 2.12. The number of aryl methyl sites for hydroxylation is 2. The third-order valence-corrected chi connectivity index (χ3v) is 3.29. The Morgan fingerprint density at radius 3 is 2.00 bits per heavy atom. The second-order valence-electron chi connectivity index (χ2n) is 5.42. The molecule has 0 amide bonds. The molecule has 1 rings (SSSR count). The Balaban J connectivity index is 2.99. The number of hydrogen-bond donors (Lipinski definition) is 1. The van der Waals surface area contributed by atoms with E-state index in [4.69, 9.17) is 9.97 Å². The molecule has 0 aromatic carbocycles. The van der Waals surface area contributed by atoms with Crippen LogP contribution in [-0.2, 0) is 25.7 Å². The molecular formula is C16H29N3. The minimum absolute atomic E-state index is 0.613. The number of nitrogens with zero attached hydrogens (tertiary/aromatic N) is 2. The van der Waals surface area contributed by atoms with Gasteiger partial charge in [-0.25, -0.2) is 9.97 Å². The van der Waals surface area contributed by atoms with Gasteiger partial charge in [0.25, 0.3) is 0 Å². The number of nitrogens with one attached hydrogen (secondary N) is 1. The van der Waals surface area contributed by atoms with Gasteiger partial charge in [-0.1, -0.05) is 34.6 Å². The SMILES string of the molecule is CCNCCc1c(CC)nc(CC(C)C)nc1CC. The lowest BCUT2D eigenvalue weighted by molar-refractivity contribution is 0.609. The summed E-state index contributed by atoms with van der Waals surface area (Å²) in [6, 6.07) is 0. The summed E-state index contributed by atoms with van der Waals surface area (Å²) in [5.74, 6) is 1.64. The van der Waals surface area contributed by atoms with Gasteiger partial charge in [-0.2, -0.15) is 0 Å². The van der Waals surface area contributed by atoms with Gasteiger partial charge in [-0.3, -0.25) is 0 Å². The van der Waals surface area contributed by atoms with Crippen molar-refractivity contribution in [2.45, 2.75) is 60.3 Å². The van der Waals surface area contributed by atoms with Crippen LogP contribution in [0.4, 0.5) is 0 Å². The quantitative estimate of drug-likeness (QED) is 0.733. The molecule has 19 heavy (non-hydrogen) atoms. The number of aromatic nitrogens is 2. The van der Waals surface area contributed by atoms with Gasteiger partial charge in [0.15, 0.2) is 0 Å². The molecule has 0 aliphatic rings. The van der Waals surface area contributed by atoms with Crippen molar-refractivity contribution in [2.24, 2.45) is 5.92 Å². The highest BCUT2D eigenvalue weighted by Crippen LogP contribution is 2.16. The molecule has 0 aliphatic carbocycles. The van der Waals surface area contributed by atoms with Crippen LogP contribution in [0.5, 0.6) is 0 Å². The Bertz CT molecular complexity index is 361. The van der Waals surface area contributed by atoms with E-state index in [1.807, 2.05) is 0 Å². The Hall–Kier alpha value is -0.960. The fourth-order valence-electron chi connectivity index (χ4n) is 2.36. The highest BCUT2D eigenvalue weighted by molar-refractivity contribution is 5.27. The average molecular weight is 263 g/mol. The molecule has 0 saturated carbocycles. The summed E-state index contributed by atoms with van der Waals surface area (Å²) >= 11 is 0. The summed E-state index contributed by atoms with van der Waals surface area (Å²) in [5, 5.41) is 3.39. The largest absolute Gasteiger partial charge is 0.317 e. The topological polar surface area (TPSA) is 37.8 Å². The van der Waals surface area contributed by atoms with Crippen molar-refractivity contribution in [3.63, 3.8) is 0 Å². The number of likely N-dealkylation sites (N-methyl/N-ethyl adjacent to an activating group) is 1. The van der Waals surface area contributed by atoms with Crippen LogP contribution in [0.15, 0.2) is 0 Å². The van der Waals surface area contributed by atoms with Gasteiger partial charge >= 0.3 is 0 Å². The molecule has 1 N–H and O–H groups in total. The van der Waals surface area contributed by atoms with Crippen molar-refractivity contribution < 1.29 is 0 Å². The summed E-state index contributed by atoms with van der Waals surface area (Å²) in [6.45, 7) is 13.0. The average Bonchev–Trinajstić information content (AvgIpc) is 2.38. The van der Waals surface area contributed by atoms with E-state index >= 15 is 0 Å². The second-order valence-corrected chi connectivity index (χ2v) is 5.42. The molecule has 0 atom stereocenters. The van der Waals surface area contributed by atoms with Gasteiger partial charge in [-0.15, -0.1) is 0 Å². The Kier molecular flexibility index (Phi) is 7.00. The zero-order valence-electron chi connectivity index (χ0n) is 13.2. The molecule has 0 spiro atoms. The molecule has 0 aliphatic heterocycles. The molecule has 3 heteroatoms. The predicted molar refractivity (Wildman–Crippen MR) is 81.6 cm³/mol. The molecule has 108 valence electrons. The van der Waals surface area contributed by atoms with Gasteiger partial charge in [0.1, 0.15) is 5.82 Å². The first kappa shape index (κ1) is 16.1. The van der Waals surface area contributed by atoms with E-state index in [0.717, 1.165) is 44.6 Å². The minimum Gasteiger partial charge on any atom is -0.317 e. The Labute approximate surface area is 118 Å². The monoisotopic (exact) mass is 263 g/mol. The summed E-state index contributed by atoms with van der Waals surface area (Å²) in [7, 11) is 0. The van der Waals surface area contributed by atoms with Crippen LogP contribution in [0.3, 0.4) is 0 Å². The van der Waals surface area contributed by atoms with Crippen molar-refractivity contribution >= 4 is 0 Å². The smallest absolute Gasteiger partial charge is 0.129 e. The maximum Gasteiger partial charge on any atom is 0.129 e. The number of hydrogen-bond acceptors (Lipinski definition) is 3. The van der Waals surface area contributed by atoms with Crippen molar-refractivity contribution in [3.8, 4) is 0 Å². The maximum absolute atomic E-state index is 4.78. The molecular weight excluding hydrogens is 234 g/mol. The molecule has 1 aromatic heterocycles. The molecule has 1 heterocycles. The fourth-order valence-corrected chi connectivity index (χ4v) is 2.36. The van der Waals surface area contributed by atoms with Crippen LogP contribution >= 0.6 is 0 Å². The van der Waals surface area contributed by atoms with Gasteiger partial charge in [0.2, 0.25) is 0 Å². The van der Waals surface area contributed by atoms with E-state index in [9.17, 15) is 0 Å². The molecule has 0 bridgehead atoms. The van der Waals surface area contributed by atoms with Crippen LogP contribution in [-0.4, -0.2) is 23.1 Å². The second kappa shape index (κ2) is 8.26. The summed E-state index contributed by atoms with van der Waals surface area (Å²) in [6.07, 6.45) is 4.03. The lowest BCUT2D eigenvalue weighted by Crippen LogP contribution is -2.19. The van der Waals surface area contributed by atoms with E-state index < -0.39 is 0 Å². The van der Waals surface area contributed by atoms with Gasteiger partial charge < -0.3 is 5.32 Å². The van der Waals surface area contributed by atoms with Crippen LogP contribution in [0.1, 0.15) is 57.4 Å². The van der Waals surface area contributed by atoms with Crippen LogP contribution in [0.2, 0.25) is 0 Å². The van der Waals surface area contributed by atoms with Crippen LogP contribution in [0.25, 0.3) is 0 Å². The van der Waals surface area contributed by atoms with E-state index in [2.05, 4.69) is 39.9 Å². The van der Waals surface area contributed by atoms with Gasteiger partial charge in [0.05, 0.1) is 0 Å². The summed E-state index contributed by atoms with van der Waals surface area (Å²) in [4.78, 5) is 9.56. The summed E-state index contributed by atoms with van der Waals surface area (Å²) in [5.41, 5.74) is 3.87. The first-order chi connectivity index (χ1) is 9.12. The maximum atomic E-state index is 4.78. The molecule has 0 radical (unpaired) electrons. The van der Waals surface area contributed by atoms with Crippen molar-refractivity contribution in [1.82, 2.24) is 15.3 Å². The molecule has 1 aromatic rings. The third-order valence-electron chi connectivity index (χ3n) is 3.29. The zero-order chi connectivity index (χ0) is 14.3. The Morgan fingerprint density at radius 2 is 1.58 bits per heavy atom. The highest BCUT2D eigenvalue weighted by atomic mass is 14.9. The van der Waals surface area contributed by atoms with E-state index in [1.54, 1.807) is 0 Å². The van der Waals surface area contributed by atoms with Crippen molar-refractivity contribution in [1.29, 1.82) is 0 Å². The Morgan fingerprint density at radius 1 is 1.00 bits per heavy atom. The van der Waals surface area contributed by atoms with Gasteiger partial charge in [-0.05, 0) is 43.8 Å². The minimum atomic E-state index is 0.613. The molecule has 3 nitrogen and oxygen atoms in total. The molecule has 0 fully saturated rings. The lowest BCUT2D eigenvalue weighted by Gasteiger charge is -2.15. The van der Waals surface area contributed by atoms with E-state index in [-0.39, 0.29) is 0 Å². The standard InChI is InChI=1S/C16H29N3/c1-6-14-13(9-10-17-8-3)15(7-2)19-16(18-14)11-12(4)5/h12,17H,6-11H2,1-5H3. The fraction of sp³-hybridized carbons (Fsp3) is 0.750. The predicted octanol–water partition coefficient (Wildman–Crippen LogP) is 2.95. The van der Waals surface area contributed by atoms with Crippen molar-refractivity contribution in [2.75, 3.05) is 13.1 Å².